The van der Waals surface area contributed by atoms with Crippen molar-refractivity contribution in [1.82, 2.24) is 0 Å². The number of carbonyl (C=O) groups is 2. The number of fused-ring (bicyclic) bond motifs is 6. The minimum atomic E-state index is -2.17. The summed E-state index contributed by atoms with van der Waals surface area (Å²) < 4.78 is 39.0. The van der Waals surface area contributed by atoms with Gasteiger partial charge in [-0.15, -0.1) is 0 Å². The van der Waals surface area contributed by atoms with Crippen LogP contribution in [0.15, 0.2) is 34.6 Å². The monoisotopic (exact) mass is 466 g/mol. The highest BCUT2D eigenvalue weighted by atomic mass is 35.5. The molecule has 5 aliphatic rings. The van der Waals surface area contributed by atoms with Crippen LogP contribution in [0, 0.1) is 28.6 Å². The number of allylic oxidation sites excluding steroid dienone is 5. The van der Waals surface area contributed by atoms with Crippen LogP contribution in [-0.4, -0.2) is 40.2 Å². The summed E-state index contributed by atoms with van der Waals surface area (Å²) in [6.07, 6.45) is 1.68. The SMILES string of the molecule is CCC1=C(Cl)C(=O)[C@@]2(O1)[C@@H](C)C[C@H]1[C@@H]3C[C@H](F)C4=CC(=O)C=C[C@]4(C)[C@@]3(F)[C@@H](O)C[C@@]12C. The summed E-state index contributed by atoms with van der Waals surface area (Å²) >= 11 is 6.37. The molecule has 0 radical (unpaired) electrons. The molecule has 0 amide bonds. The van der Waals surface area contributed by atoms with E-state index in [4.69, 9.17) is 16.3 Å². The van der Waals surface area contributed by atoms with Crippen LogP contribution in [0.5, 0.6) is 0 Å². The summed E-state index contributed by atoms with van der Waals surface area (Å²) in [6.45, 7) is 7.20. The molecular formula is C25H29ClF2O4. The topological polar surface area (TPSA) is 63.6 Å². The lowest BCUT2D eigenvalue weighted by Crippen LogP contribution is -2.70. The minimum absolute atomic E-state index is 0.0104. The molecule has 0 bridgehead atoms. The zero-order chi connectivity index (χ0) is 23.4. The summed E-state index contributed by atoms with van der Waals surface area (Å²) in [5.74, 6) is -1.76. The van der Waals surface area contributed by atoms with E-state index in [0.29, 0.717) is 18.6 Å². The molecule has 7 heteroatoms. The number of halogens is 3. The molecule has 4 aliphatic carbocycles. The fourth-order valence-electron chi connectivity index (χ4n) is 8.03. The van der Waals surface area contributed by atoms with Crippen molar-refractivity contribution in [3.8, 4) is 0 Å². The first-order valence-corrected chi connectivity index (χ1v) is 11.8. The Morgan fingerprint density at radius 2 is 1.94 bits per heavy atom. The quantitative estimate of drug-likeness (QED) is 0.605. The first-order valence-electron chi connectivity index (χ1n) is 11.5. The fourth-order valence-corrected chi connectivity index (χ4v) is 8.34. The molecule has 4 nitrogen and oxygen atoms in total. The average molecular weight is 467 g/mol. The maximum absolute atomic E-state index is 17.2. The van der Waals surface area contributed by atoms with Crippen LogP contribution < -0.4 is 0 Å². The highest BCUT2D eigenvalue weighted by Crippen LogP contribution is 2.72. The molecule has 9 atom stereocenters. The molecule has 0 aromatic rings. The maximum atomic E-state index is 17.2. The number of carbonyl (C=O) groups excluding carboxylic acids is 2. The summed E-state index contributed by atoms with van der Waals surface area (Å²) in [7, 11) is 0. The molecule has 0 unspecified atom stereocenters. The van der Waals surface area contributed by atoms with Crippen molar-refractivity contribution in [2.24, 2.45) is 28.6 Å². The van der Waals surface area contributed by atoms with E-state index in [9.17, 15) is 14.7 Å². The third-order valence-corrected chi connectivity index (χ3v) is 9.94. The van der Waals surface area contributed by atoms with Gasteiger partial charge < -0.3 is 9.84 Å². The Hall–Kier alpha value is -1.53. The Morgan fingerprint density at radius 3 is 2.56 bits per heavy atom. The molecule has 174 valence electrons. The van der Waals surface area contributed by atoms with Gasteiger partial charge in [0.1, 0.15) is 17.0 Å². The van der Waals surface area contributed by atoms with Crippen molar-refractivity contribution >= 4 is 23.2 Å². The number of aliphatic hydroxyl groups is 1. The van der Waals surface area contributed by atoms with Crippen LogP contribution in [0.4, 0.5) is 8.78 Å². The van der Waals surface area contributed by atoms with Crippen LogP contribution in [-0.2, 0) is 14.3 Å². The van der Waals surface area contributed by atoms with Gasteiger partial charge in [-0.2, -0.15) is 0 Å². The van der Waals surface area contributed by atoms with Gasteiger partial charge in [-0.25, -0.2) is 8.78 Å². The third kappa shape index (κ3) is 2.22. The predicted octanol–water partition coefficient (Wildman–Crippen LogP) is 4.75. The van der Waals surface area contributed by atoms with Crippen molar-refractivity contribution < 1.29 is 28.2 Å². The van der Waals surface area contributed by atoms with Crippen molar-refractivity contribution in [2.75, 3.05) is 0 Å². The molecule has 1 spiro atoms. The number of rotatable bonds is 1. The van der Waals surface area contributed by atoms with E-state index in [0.717, 1.165) is 0 Å². The highest BCUT2D eigenvalue weighted by Gasteiger charge is 2.78. The second-order valence-electron chi connectivity index (χ2n) is 10.8. The zero-order valence-corrected chi connectivity index (χ0v) is 19.5. The van der Waals surface area contributed by atoms with Gasteiger partial charge in [0, 0.05) is 29.1 Å². The van der Waals surface area contributed by atoms with E-state index in [1.807, 2.05) is 20.8 Å². The van der Waals surface area contributed by atoms with Crippen LogP contribution in [0.1, 0.15) is 53.4 Å². The van der Waals surface area contributed by atoms with E-state index in [1.165, 1.54) is 18.2 Å². The number of hydrogen-bond donors (Lipinski definition) is 1. The molecule has 5 rings (SSSR count). The van der Waals surface area contributed by atoms with E-state index in [2.05, 4.69) is 0 Å². The third-order valence-electron chi connectivity index (χ3n) is 9.56. The number of hydrogen-bond acceptors (Lipinski definition) is 4. The van der Waals surface area contributed by atoms with E-state index >= 15 is 8.78 Å². The predicted molar refractivity (Wildman–Crippen MR) is 115 cm³/mol. The number of Topliss-reactive ketones (excluding diaryl/α,β-unsaturated/α-hetero) is 1. The van der Waals surface area contributed by atoms with Crippen molar-refractivity contribution in [3.63, 3.8) is 0 Å². The number of alkyl halides is 2. The second kappa shape index (κ2) is 6.53. The zero-order valence-electron chi connectivity index (χ0n) is 18.8. The molecule has 1 heterocycles. The Morgan fingerprint density at radius 1 is 1.25 bits per heavy atom. The molecule has 0 aromatic heterocycles. The Balaban J connectivity index is 1.65. The maximum Gasteiger partial charge on any atom is 0.221 e. The van der Waals surface area contributed by atoms with Crippen LogP contribution in [0.2, 0.25) is 0 Å². The smallest absolute Gasteiger partial charge is 0.221 e. The summed E-state index contributed by atoms with van der Waals surface area (Å²) in [5, 5.41) is 11.5. The summed E-state index contributed by atoms with van der Waals surface area (Å²) in [5.41, 5.74) is -5.71. The first-order chi connectivity index (χ1) is 14.9. The van der Waals surface area contributed by atoms with Crippen molar-refractivity contribution in [3.05, 3.63) is 34.6 Å². The number of ether oxygens (including phenoxy) is 1. The van der Waals surface area contributed by atoms with Gasteiger partial charge in [-0.3, -0.25) is 9.59 Å². The molecule has 3 fully saturated rings. The first kappa shape index (κ1) is 22.3. The van der Waals surface area contributed by atoms with Gasteiger partial charge in [0.25, 0.3) is 0 Å². The Kier molecular flexibility index (Phi) is 4.55. The summed E-state index contributed by atoms with van der Waals surface area (Å²) in [6, 6.07) is 0. The molecule has 1 aliphatic heterocycles. The van der Waals surface area contributed by atoms with Crippen LogP contribution in [0.3, 0.4) is 0 Å². The molecular weight excluding hydrogens is 438 g/mol. The molecule has 0 saturated heterocycles. The fraction of sp³-hybridized carbons (Fsp3) is 0.680. The largest absolute Gasteiger partial charge is 0.481 e. The Labute approximate surface area is 191 Å². The summed E-state index contributed by atoms with van der Waals surface area (Å²) in [4.78, 5) is 25.4. The van der Waals surface area contributed by atoms with Crippen molar-refractivity contribution in [2.45, 2.75) is 76.9 Å². The highest BCUT2D eigenvalue weighted by molar-refractivity contribution is 6.44. The lowest BCUT2D eigenvalue weighted by atomic mass is 9.44. The molecule has 0 aromatic carbocycles. The van der Waals surface area contributed by atoms with Gasteiger partial charge in [0.05, 0.1) is 6.10 Å². The van der Waals surface area contributed by atoms with Gasteiger partial charge in [0.2, 0.25) is 5.78 Å². The standard InChI is InChI=1S/C25H29ClF2O4/c1-5-18-20(26)21(31)25(32-18)12(2)8-14-15-10-17(27)16-9-13(29)6-7-22(16,3)24(15,28)19(30)11-23(14,25)4/h6-7,9,12,14-15,17,19,30H,5,8,10-11H2,1-4H3/t12-,14-,15-,17-,19-,22-,23-,24-,25-/m0/s1. The lowest BCUT2D eigenvalue weighted by Gasteiger charge is -2.63. The van der Waals surface area contributed by atoms with Gasteiger partial charge >= 0.3 is 0 Å². The van der Waals surface area contributed by atoms with E-state index < -0.39 is 46.2 Å². The minimum Gasteiger partial charge on any atom is -0.481 e. The van der Waals surface area contributed by atoms with Gasteiger partial charge in [-0.05, 0) is 49.8 Å². The Bertz CT molecular complexity index is 1020. The molecule has 32 heavy (non-hydrogen) atoms. The molecule has 1 N–H and O–H groups in total. The van der Waals surface area contributed by atoms with Gasteiger partial charge in [-0.1, -0.05) is 38.4 Å². The van der Waals surface area contributed by atoms with Crippen molar-refractivity contribution in [1.29, 1.82) is 0 Å². The van der Waals surface area contributed by atoms with Gasteiger partial charge in [0.15, 0.2) is 17.1 Å². The van der Waals surface area contributed by atoms with E-state index in [-0.39, 0.29) is 40.9 Å². The molecule has 3 saturated carbocycles. The lowest BCUT2D eigenvalue weighted by molar-refractivity contribution is -0.222. The number of ketones is 2. The second-order valence-corrected chi connectivity index (χ2v) is 11.1. The van der Waals surface area contributed by atoms with Crippen LogP contribution >= 0.6 is 11.6 Å². The van der Waals surface area contributed by atoms with Crippen LogP contribution in [0.25, 0.3) is 0 Å². The van der Waals surface area contributed by atoms with E-state index in [1.54, 1.807) is 6.92 Å². The number of aliphatic hydroxyl groups excluding tert-OH is 1. The normalized spacial score (nSPS) is 52.0. The average Bonchev–Trinajstić information content (AvgIpc) is 3.13.